The molecule has 0 aromatic heterocycles. The van der Waals surface area contributed by atoms with Gasteiger partial charge in [0.2, 0.25) is 0 Å². The Morgan fingerprint density at radius 1 is 1.12 bits per heavy atom. The molecule has 0 spiro atoms. The molecule has 3 rings (SSSR count). The van der Waals surface area contributed by atoms with Crippen molar-refractivity contribution in [2.24, 2.45) is 0 Å². The average molecular weight is 372 g/mol. The van der Waals surface area contributed by atoms with Crippen LogP contribution in [0.3, 0.4) is 0 Å². The van der Waals surface area contributed by atoms with Gasteiger partial charge in [0, 0.05) is 24.7 Å². The molecular formula is C17H22F2N2O3S. The Labute approximate surface area is 146 Å². The summed E-state index contributed by atoms with van der Waals surface area (Å²) in [7, 11) is -3.10. The molecule has 0 atom stereocenters. The number of carbonyl (C=O) groups is 1. The SMILES string of the molecule is O=C(N1CCS(=O)(=O)CC1)N(Cc1c(F)cccc1F)C1CCCC1. The number of hydrogen-bond donors (Lipinski definition) is 0. The third kappa shape index (κ3) is 4.11. The first-order chi connectivity index (χ1) is 11.9. The Morgan fingerprint density at radius 3 is 2.24 bits per heavy atom. The molecule has 1 aromatic rings. The molecule has 1 aliphatic carbocycles. The van der Waals surface area contributed by atoms with E-state index in [1.165, 1.54) is 28.0 Å². The maximum absolute atomic E-state index is 14.0. The van der Waals surface area contributed by atoms with Crippen LogP contribution >= 0.6 is 0 Å². The van der Waals surface area contributed by atoms with Crippen molar-refractivity contribution >= 4 is 15.9 Å². The van der Waals surface area contributed by atoms with Crippen molar-refractivity contribution in [1.29, 1.82) is 0 Å². The molecule has 1 aliphatic heterocycles. The summed E-state index contributed by atoms with van der Waals surface area (Å²) < 4.78 is 51.2. The van der Waals surface area contributed by atoms with E-state index in [-0.39, 0.29) is 48.8 Å². The van der Waals surface area contributed by atoms with Crippen LogP contribution in [0, 0.1) is 11.6 Å². The summed E-state index contributed by atoms with van der Waals surface area (Å²) in [4.78, 5) is 15.9. The zero-order valence-electron chi connectivity index (χ0n) is 14.0. The van der Waals surface area contributed by atoms with Gasteiger partial charge in [0.1, 0.15) is 11.6 Å². The van der Waals surface area contributed by atoms with E-state index in [4.69, 9.17) is 0 Å². The van der Waals surface area contributed by atoms with E-state index in [2.05, 4.69) is 0 Å². The lowest BCUT2D eigenvalue weighted by molar-refractivity contribution is 0.131. The predicted molar refractivity (Wildman–Crippen MR) is 89.8 cm³/mol. The normalized spacial score (nSPS) is 20.6. The van der Waals surface area contributed by atoms with Crippen molar-refractivity contribution in [1.82, 2.24) is 9.80 Å². The van der Waals surface area contributed by atoms with Gasteiger partial charge in [-0.2, -0.15) is 0 Å². The highest BCUT2D eigenvalue weighted by molar-refractivity contribution is 7.91. The summed E-state index contributed by atoms with van der Waals surface area (Å²) in [6, 6.07) is 3.27. The number of rotatable bonds is 3. The molecule has 1 saturated carbocycles. The third-order valence-corrected chi connectivity index (χ3v) is 6.63. The Kier molecular flexibility index (Phi) is 5.27. The van der Waals surface area contributed by atoms with Crippen LogP contribution in [0.2, 0.25) is 0 Å². The number of carbonyl (C=O) groups excluding carboxylic acids is 1. The first-order valence-corrected chi connectivity index (χ1v) is 10.4. The first kappa shape index (κ1) is 18.1. The van der Waals surface area contributed by atoms with Crippen molar-refractivity contribution in [3.8, 4) is 0 Å². The van der Waals surface area contributed by atoms with Crippen LogP contribution in [0.25, 0.3) is 0 Å². The van der Waals surface area contributed by atoms with Crippen LogP contribution in [0.5, 0.6) is 0 Å². The predicted octanol–water partition coefficient (Wildman–Crippen LogP) is 2.56. The molecule has 8 heteroatoms. The number of amides is 2. The molecule has 0 bridgehead atoms. The minimum absolute atomic E-state index is 0.0642. The second-order valence-corrected chi connectivity index (χ2v) is 8.99. The van der Waals surface area contributed by atoms with Gasteiger partial charge in [-0.05, 0) is 25.0 Å². The Hall–Kier alpha value is -1.70. The second-order valence-electron chi connectivity index (χ2n) is 6.69. The van der Waals surface area contributed by atoms with E-state index in [0.717, 1.165) is 25.7 Å². The van der Waals surface area contributed by atoms with Gasteiger partial charge in [0.15, 0.2) is 9.84 Å². The molecule has 1 heterocycles. The van der Waals surface area contributed by atoms with Gasteiger partial charge in [0.05, 0.1) is 18.1 Å². The Balaban J connectivity index is 1.81. The number of sulfone groups is 1. The van der Waals surface area contributed by atoms with Crippen molar-refractivity contribution < 1.29 is 22.0 Å². The van der Waals surface area contributed by atoms with Gasteiger partial charge in [-0.3, -0.25) is 0 Å². The molecule has 2 aliphatic rings. The lowest BCUT2D eigenvalue weighted by Crippen LogP contribution is -2.52. The maximum Gasteiger partial charge on any atom is 0.320 e. The van der Waals surface area contributed by atoms with Gasteiger partial charge in [0.25, 0.3) is 0 Å². The van der Waals surface area contributed by atoms with Gasteiger partial charge in [-0.15, -0.1) is 0 Å². The largest absolute Gasteiger partial charge is 0.323 e. The van der Waals surface area contributed by atoms with E-state index in [9.17, 15) is 22.0 Å². The van der Waals surface area contributed by atoms with Crippen LogP contribution in [-0.4, -0.2) is 54.9 Å². The molecule has 25 heavy (non-hydrogen) atoms. The quantitative estimate of drug-likeness (QED) is 0.819. The lowest BCUT2D eigenvalue weighted by atomic mass is 10.1. The molecule has 2 fully saturated rings. The molecule has 5 nitrogen and oxygen atoms in total. The number of halogens is 2. The minimum Gasteiger partial charge on any atom is -0.323 e. The summed E-state index contributed by atoms with van der Waals surface area (Å²) in [6.45, 7) is 0.125. The monoisotopic (exact) mass is 372 g/mol. The standard InChI is InChI=1S/C17H22F2N2O3S/c18-15-6-3-7-16(19)14(15)12-21(13-4-1-2-5-13)17(22)20-8-10-25(23,24)11-9-20/h3,6-7,13H,1-2,4-5,8-12H2. The van der Waals surface area contributed by atoms with Gasteiger partial charge >= 0.3 is 6.03 Å². The van der Waals surface area contributed by atoms with Crippen molar-refractivity contribution in [3.63, 3.8) is 0 Å². The second kappa shape index (κ2) is 7.27. The molecule has 2 amide bonds. The fraction of sp³-hybridized carbons (Fsp3) is 0.588. The zero-order valence-corrected chi connectivity index (χ0v) is 14.8. The van der Waals surface area contributed by atoms with E-state index >= 15 is 0 Å². The van der Waals surface area contributed by atoms with Crippen molar-refractivity contribution in [3.05, 3.63) is 35.4 Å². The average Bonchev–Trinajstić information content (AvgIpc) is 3.08. The van der Waals surface area contributed by atoms with Crippen LogP contribution in [0.4, 0.5) is 13.6 Å². The molecular weight excluding hydrogens is 350 g/mol. The lowest BCUT2D eigenvalue weighted by Gasteiger charge is -2.36. The fourth-order valence-corrected chi connectivity index (χ4v) is 4.71. The first-order valence-electron chi connectivity index (χ1n) is 8.56. The highest BCUT2D eigenvalue weighted by Gasteiger charge is 2.33. The highest BCUT2D eigenvalue weighted by atomic mass is 32.2. The molecule has 1 saturated heterocycles. The Morgan fingerprint density at radius 2 is 1.68 bits per heavy atom. The summed E-state index contributed by atoms with van der Waals surface area (Å²) in [5, 5.41) is 0. The number of benzene rings is 1. The summed E-state index contributed by atoms with van der Waals surface area (Å²) in [5.74, 6) is -1.47. The number of urea groups is 1. The van der Waals surface area contributed by atoms with Gasteiger partial charge in [-0.25, -0.2) is 22.0 Å². The molecule has 138 valence electrons. The smallest absolute Gasteiger partial charge is 0.320 e. The van der Waals surface area contributed by atoms with Crippen LogP contribution < -0.4 is 0 Å². The number of nitrogens with zero attached hydrogens (tertiary/aromatic N) is 2. The van der Waals surface area contributed by atoms with Gasteiger partial charge in [-0.1, -0.05) is 18.9 Å². The molecule has 0 N–H and O–H groups in total. The maximum atomic E-state index is 14.0. The molecule has 0 unspecified atom stereocenters. The summed E-state index contributed by atoms with van der Waals surface area (Å²) in [5.41, 5.74) is -0.118. The molecule has 0 radical (unpaired) electrons. The van der Waals surface area contributed by atoms with E-state index in [1.807, 2.05) is 0 Å². The highest BCUT2D eigenvalue weighted by Crippen LogP contribution is 2.27. The Bertz CT molecular complexity index is 714. The van der Waals surface area contributed by atoms with E-state index in [1.54, 1.807) is 0 Å². The number of hydrogen-bond acceptors (Lipinski definition) is 3. The summed E-state index contributed by atoms with van der Waals surface area (Å²) in [6.07, 6.45) is 3.55. The van der Waals surface area contributed by atoms with Crippen LogP contribution in [0.1, 0.15) is 31.2 Å². The summed E-state index contributed by atoms with van der Waals surface area (Å²) >= 11 is 0. The van der Waals surface area contributed by atoms with Crippen molar-refractivity contribution in [2.45, 2.75) is 38.3 Å². The fourth-order valence-electron chi connectivity index (χ4n) is 3.51. The van der Waals surface area contributed by atoms with Crippen molar-refractivity contribution in [2.75, 3.05) is 24.6 Å². The van der Waals surface area contributed by atoms with Gasteiger partial charge < -0.3 is 9.80 Å². The zero-order chi connectivity index (χ0) is 18.0. The van der Waals surface area contributed by atoms with E-state index < -0.39 is 21.5 Å². The topological polar surface area (TPSA) is 57.7 Å². The van der Waals surface area contributed by atoms with Crippen LogP contribution in [0.15, 0.2) is 18.2 Å². The molecule has 1 aromatic carbocycles. The van der Waals surface area contributed by atoms with Crippen LogP contribution in [-0.2, 0) is 16.4 Å². The minimum atomic E-state index is -3.10. The van der Waals surface area contributed by atoms with E-state index in [0.29, 0.717) is 0 Å². The third-order valence-electron chi connectivity index (χ3n) is 5.02.